The maximum atomic E-state index is 11.3. The van der Waals surface area contributed by atoms with Crippen LogP contribution in [-0.2, 0) is 11.3 Å². The first-order valence-electron chi connectivity index (χ1n) is 4.66. The molecule has 0 aliphatic carbocycles. The molecule has 0 saturated carbocycles. The number of hydrogen-bond donors (Lipinski definition) is 1. The maximum Gasteiger partial charge on any atom is 0.338 e. The average molecular weight is 193 g/mol. The standard InChI is InChI=1S/C11H15NO2/c1-3-12-8-9-6-4-5-7-10(9)11(13)14-2/h4-7,12H,3,8H2,1-2H3. The lowest BCUT2D eigenvalue weighted by molar-refractivity contribution is 0.0599. The van der Waals surface area contributed by atoms with Crippen LogP contribution in [0.2, 0.25) is 0 Å². The molecule has 0 bridgehead atoms. The van der Waals surface area contributed by atoms with E-state index in [1.807, 2.05) is 25.1 Å². The summed E-state index contributed by atoms with van der Waals surface area (Å²) in [5.74, 6) is -0.279. The molecule has 1 N–H and O–H groups in total. The summed E-state index contributed by atoms with van der Waals surface area (Å²) >= 11 is 0. The van der Waals surface area contributed by atoms with Crippen molar-refractivity contribution in [2.24, 2.45) is 0 Å². The topological polar surface area (TPSA) is 38.3 Å². The summed E-state index contributed by atoms with van der Waals surface area (Å²) in [7, 11) is 1.40. The van der Waals surface area contributed by atoms with E-state index in [0.717, 1.165) is 12.1 Å². The van der Waals surface area contributed by atoms with E-state index in [9.17, 15) is 4.79 Å². The summed E-state index contributed by atoms with van der Waals surface area (Å²) in [5, 5.41) is 3.18. The molecular weight excluding hydrogens is 178 g/mol. The van der Waals surface area contributed by atoms with Crippen LogP contribution in [0.5, 0.6) is 0 Å². The van der Waals surface area contributed by atoms with Crippen LogP contribution in [-0.4, -0.2) is 19.6 Å². The van der Waals surface area contributed by atoms with E-state index in [0.29, 0.717) is 12.1 Å². The zero-order valence-electron chi connectivity index (χ0n) is 8.54. The van der Waals surface area contributed by atoms with Gasteiger partial charge >= 0.3 is 5.97 Å². The number of hydrogen-bond acceptors (Lipinski definition) is 3. The zero-order valence-corrected chi connectivity index (χ0v) is 8.54. The second-order valence-electron chi connectivity index (χ2n) is 2.93. The van der Waals surface area contributed by atoms with E-state index in [-0.39, 0.29) is 5.97 Å². The van der Waals surface area contributed by atoms with Crippen molar-refractivity contribution in [3.05, 3.63) is 35.4 Å². The predicted octanol–water partition coefficient (Wildman–Crippen LogP) is 1.58. The lowest BCUT2D eigenvalue weighted by Crippen LogP contribution is -2.15. The molecule has 0 amide bonds. The fraction of sp³-hybridized carbons (Fsp3) is 0.364. The van der Waals surface area contributed by atoms with E-state index in [4.69, 9.17) is 4.74 Å². The summed E-state index contributed by atoms with van der Waals surface area (Å²) in [6.07, 6.45) is 0. The van der Waals surface area contributed by atoms with Gasteiger partial charge in [0.2, 0.25) is 0 Å². The first-order chi connectivity index (χ1) is 6.79. The van der Waals surface area contributed by atoms with Crippen LogP contribution in [0.4, 0.5) is 0 Å². The van der Waals surface area contributed by atoms with Gasteiger partial charge in [0.05, 0.1) is 12.7 Å². The summed E-state index contributed by atoms with van der Waals surface area (Å²) in [5.41, 5.74) is 1.61. The minimum atomic E-state index is -0.279. The SMILES string of the molecule is CCNCc1ccccc1C(=O)OC. The highest BCUT2D eigenvalue weighted by Crippen LogP contribution is 2.09. The quantitative estimate of drug-likeness (QED) is 0.738. The average Bonchev–Trinajstić information content (AvgIpc) is 2.25. The monoisotopic (exact) mass is 193 g/mol. The molecule has 0 unspecified atom stereocenters. The number of carbonyl (C=O) groups is 1. The summed E-state index contributed by atoms with van der Waals surface area (Å²) in [4.78, 5) is 11.3. The third-order valence-electron chi connectivity index (χ3n) is 1.99. The molecule has 76 valence electrons. The number of esters is 1. The first-order valence-corrected chi connectivity index (χ1v) is 4.66. The van der Waals surface area contributed by atoms with Gasteiger partial charge in [-0.3, -0.25) is 0 Å². The van der Waals surface area contributed by atoms with E-state index < -0.39 is 0 Å². The largest absolute Gasteiger partial charge is 0.465 e. The Bertz CT molecular complexity index is 310. The smallest absolute Gasteiger partial charge is 0.338 e. The van der Waals surface area contributed by atoms with Crippen LogP contribution in [0.1, 0.15) is 22.8 Å². The predicted molar refractivity (Wildman–Crippen MR) is 55.2 cm³/mol. The minimum Gasteiger partial charge on any atom is -0.465 e. The number of rotatable bonds is 4. The third-order valence-corrected chi connectivity index (χ3v) is 1.99. The van der Waals surface area contributed by atoms with Crippen molar-refractivity contribution < 1.29 is 9.53 Å². The molecule has 0 aliphatic heterocycles. The molecule has 1 aromatic rings. The minimum absolute atomic E-state index is 0.279. The van der Waals surface area contributed by atoms with Gasteiger partial charge < -0.3 is 10.1 Å². The van der Waals surface area contributed by atoms with Gasteiger partial charge in [0.25, 0.3) is 0 Å². The van der Waals surface area contributed by atoms with Crippen LogP contribution < -0.4 is 5.32 Å². The van der Waals surface area contributed by atoms with Gasteiger partial charge in [0.15, 0.2) is 0 Å². The first kappa shape index (κ1) is 10.7. The molecule has 1 rings (SSSR count). The van der Waals surface area contributed by atoms with Gasteiger partial charge in [0, 0.05) is 6.54 Å². The number of nitrogens with one attached hydrogen (secondary N) is 1. The summed E-state index contributed by atoms with van der Waals surface area (Å²) < 4.78 is 4.69. The van der Waals surface area contributed by atoms with Crippen molar-refractivity contribution >= 4 is 5.97 Å². The second-order valence-corrected chi connectivity index (χ2v) is 2.93. The van der Waals surface area contributed by atoms with Gasteiger partial charge in [-0.15, -0.1) is 0 Å². The highest BCUT2D eigenvalue weighted by Gasteiger charge is 2.09. The van der Waals surface area contributed by atoms with Gasteiger partial charge in [-0.25, -0.2) is 4.79 Å². The van der Waals surface area contributed by atoms with Crippen molar-refractivity contribution in [2.45, 2.75) is 13.5 Å². The van der Waals surface area contributed by atoms with E-state index >= 15 is 0 Å². The van der Waals surface area contributed by atoms with E-state index in [2.05, 4.69) is 5.32 Å². The lowest BCUT2D eigenvalue weighted by Gasteiger charge is -2.07. The van der Waals surface area contributed by atoms with E-state index in [1.54, 1.807) is 6.07 Å². The molecular formula is C11H15NO2. The number of ether oxygens (including phenoxy) is 1. The number of carbonyl (C=O) groups excluding carboxylic acids is 1. The molecule has 0 atom stereocenters. The lowest BCUT2D eigenvalue weighted by atomic mass is 10.1. The van der Waals surface area contributed by atoms with Gasteiger partial charge in [-0.2, -0.15) is 0 Å². The highest BCUT2D eigenvalue weighted by atomic mass is 16.5. The Kier molecular flexibility index (Phi) is 4.13. The molecule has 0 aromatic heterocycles. The fourth-order valence-electron chi connectivity index (χ4n) is 1.24. The molecule has 0 radical (unpaired) electrons. The summed E-state index contributed by atoms with van der Waals surface area (Å²) in [6.45, 7) is 3.61. The van der Waals surface area contributed by atoms with E-state index in [1.165, 1.54) is 7.11 Å². The van der Waals surface area contributed by atoms with Crippen molar-refractivity contribution in [1.29, 1.82) is 0 Å². The molecule has 1 aromatic carbocycles. The molecule has 0 spiro atoms. The Morgan fingerprint density at radius 3 is 2.79 bits per heavy atom. The Morgan fingerprint density at radius 2 is 2.14 bits per heavy atom. The maximum absolute atomic E-state index is 11.3. The molecule has 0 heterocycles. The molecule has 3 nitrogen and oxygen atoms in total. The van der Waals surface area contributed by atoms with Crippen LogP contribution >= 0.6 is 0 Å². The number of benzene rings is 1. The molecule has 3 heteroatoms. The van der Waals surface area contributed by atoms with Gasteiger partial charge in [-0.1, -0.05) is 25.1 Å². The Labute approximate surface area is 84.1 Å². The van der Waals surface area contributed by atoms with Gasteiger partial charge in [0.1, 0.15) is 0 Å². The second kappa shape index (κ2) is 5.40. The summed E-state index contributed by atoms with van der Waals surface area (Å²) in [6, 6.07) is 7.45. The Morgan fingerprint density at radius 1 is 1.43 bits per heavy atom. The van der Waals surface area contributed by atoms with Crippen molar-refractivity contribution in [3.8, 4) is 0 Å². The molecule has 0 aliphatic rings. The Hall–Kier alpha value is -1.35. The van der Waals surface area contributed by atoms with Crippen LogP contribution in [0.3, 0.4) is 0 Å². The van der Waals surface area contributed by atoms with Crippen LogP contribution in [0.25, 0.3) is 0 Å². The number of methoxy groups -OCH3 is 1. The molecule has 0 fully saturated rings. The van der Waals surface area contributed by atoms with Crippen LogP contribution in [0, 0.1) is 0 Å². The zero-order chi connectivity index (χ0) is 10.4. The van der Waals surface area contributed by atoms with Gasteiger partial charge in [-0.05, 0) is 18.2 Å². The Balaban J connectivity index is 2.85. The molecule has 0 saturated heterocycles. The highest BCUT2D eigenvalue weighted by molar-refractivity contribution is 5.90. The van der Waals surface area contributed by atoms with Crippen molar-refractivity contribution in [3.63, 3.8) is 0 Å². The van der Waals surface area contributed by atoms with Crippen molar-refractivity contribution in [1.82, 2.24) is 5.32 Å². The van der Waals surface area contributed by atoms with Crippen molar-refractivity contribution in [2.75, 3.05) is 13.7 Å². The van der Waals surface area contributed by atoms with Crippen LogP contribution in [0.15, 0.2) is 24.3 Å². The third kappa shape index (κ3) is 2.57. The normalized spacial score (nSPS) is 9.86. The fourth-order valence-corrected chi connectivity index (χ4v) is 1.24. The molecule has 14 heavy (non-hydrogen) atoms.